The molecule has 228 valence electrons. The van der Waals surface area contributed by atoms with E-state index in [9.17, 15) is 14.4 Å². The molecule has 4 heterocycles. The molecule has 3 amide bonds. The van der Waals surface area contributed by atoms with Crippen molar-refractivity contribution in [2.45, 2.75) is 68.2 Å². The normalized spacial score (nSPS) is 35.8. The Labute approximate surface area is 253 Å². The molecule has 4 aliphatic heterocycles. The van der Waals surface area contributed by atoms with Crippen LogP contribution in [0, 0.1) is 23.7 Å². The van der Waals surface area contributed by atoms with Gasteiger partial charge in [0, 0.05) is 42.8 Å². The summed E-state index contributed by atoms with van der Waals surface area (Å²) in [5, 5.41) is 6.38. The number of ether oxygens (including phenoxy) is 2. The molecule has 4 fully saturated rings. The van der Waals surface area contributed by atoms with Crippen molar-refractivity contribution >= 4 is 35.2 Å². The minimum Gasteiger partial charge on any atom is -0.379 e. The Kier molecular flexibility index (Phi) is 8.69. The Hall–Kier alpha value is -2.40. The topological polar surface area (TPSA) is 100 Å². The summed E-state index contributed by atoms with van der Waals surface area (Å²) in [5.74, 6) is -1.12. The number of thioether (sulfide) groups is 1. The molecule has 1 spiro atoms. The Balaban J connectivity index is 1.25. The number of morpholine rings is 1. The van der Waals surface area contributed by atoms with Crippen molar-refractivity contribution in [1.82, 2.24) is 15.1 Å². The summed E-state index contributed by atoms with van der Waals surface area (Å²) in [5.41, 5.74) is -0.451. The molecule has 1 aliphatic carbocycles. The lowest BCUT2D eigenvalue weighted by atomic mass is 9.73. The number of hydrogen-bond acceptors (Lipinski definition) is 7. The third-order valence-electron chi connectivity index (χ3n) is 10.3. The van der Waals surface area contributed by atoms with E-state index in [1.807, 2.05) is 42.7 Å². The van der Waals surface area contributed by atoms with Crippen molar-refractivity contribution in [3.63, 3.8) is 0 Å². The van der Waals surface area contributed by atoms with Gasteiger partial charge in [-0.15, -0.1) is 11.8 Å². The lowest BCUT2D eigenvalue weighted by Gasteiger charge is -2.38. The second-order valence-electron chi connectivity index (χ2n) is 12.6. The first-order chi connectivity index (χ1) is 20.3. The fourth-order valence-corrected chi connectivity index (χ4v) is 8.23. The van der Waals surface area contributed by atoms with Crippen LogP contribution in [-0.2, 0) is 23.9 Å². The second kappa shape index (κ2) is 12.3. The van der Waals surface area contributed by atoms with Crippen LogP contribution in [0.1, 0.15) is 39.5 Å². The van der Waals surface area contributed by atoms with E-state index in [-0.39, 0.29) is 23.8 Å². The van der Waals surface area contributed by atoms with E-state index in [1.54, 1.807) is 16.7 Å². The maximum Gasteiger partial charge on any atom is 0.246 e. The quantitative estimate of drug-likeness (QED) is 0.334. The van der Waals surface area contributed by atoms with E-state index in [4.69, 9.17) is 9.47 Å². The molecule has 1 aromatic rings. The van der Waals surface area contributed by atoms with Crippen molar-refractivity contribution in [1.29, 1.82) is 0 Å². The van der Waals surface area contributed by atoms with Crippen LogP contribution in [0.2, 0.25) is 0 Å². The molecule has 2 N–H and O–H groups in total. The molecular weight excluding hydrogens is 552 g/mol. The minimum absolute atomic E-state index is 0.0624. The van der Waals surface area contributed by atoms with Gasteiger partial charge in [-0.25, -0.2) is 0 Å². The molecule has 42 heavy (non-hydrogen) atoms. The molecule has 2 bridgehead atoms. The average Bonchev–Trinajstić information content (AvgIpc) is 3.63. The number of rotatable bonds is 9. The standard InChI is InChI=1S/C32H44N4O5S/c1-20-7-4-10-24(21(20)2)34-30(38)28-32-12-11-25(41-32)26(29(37)33-22-8-5-9-23(19-22)42-3)27(32)31(39)36(28)14-6-13-35-15-17-40-18-16-35/h5,8-9,11-12,19-21,24-28H,4,6-7,10,13-18H2,1-3H3,(H,33,37)(H,34,38)/t20-,21+,24+,25-,26+,27-,28-,32-/m0/s1. The molecule has 0 aromatic heterocycles. The number of fused-ring (bicyclic) bond motifs is 1. The zero-order chi connectivity index (χ0) is 29.4. The van der Waals surface area contributed by atoms with E-state index in [2.05, 4.69) is 29.4 Å². The van der Waals surface area contributed by atoms with Gasteiger partial charge in [0.15, 0.2) is 0 Å². The van der Waals surface area contributed by atoms with Crippen molar-refractivity contribution in [2.24, 2.45) is 23.7 Å². The first-order valence-electron chi connectivity index (χ1n) is 15.6. The van der Waals surface area contributed by atoms with Gasteiger partial charge >= 0.3 is 0 Å². The Morgan fingerprint density at radius 2 is 1.93 bits per heavy atom. The molecule has 0 unspecified atom stereocenters. The number of amides is 3. The number of anilines is 1. The monoisotopic (exact) mass is 596 g/mol. The molecule has 3 saturated heterocycles. The highest BCUT2D eigenvalue weighted by Crippen LogP contribution is 2.55. The number of hydrogen-bond donors (Lipinski definition) is 2. The smallest absolute Gasteiger partial charge is 0.246 e. The molecule has 5 aliphatic rings. The maximum absolute atomic E-state index is 14.3. The van der Waals surface area contributed by atoms with Crippen LogP contribution in [-0.4, -0.2) is 97.0 Å². The van der Waals surface area contributed by atoms with Gasteiger partial charge in [0.1, 0.15) is 11.6 Å². The lowest BCUT2D eigenvalue weighted by molar-refractivity contribution is -0.141. The third kappa shape index (κ3) is 5.40. The highest BCUT2D eigenvalue weighted by Gasteiger charge is 2.72. The molecule has 1 aromatic carbocycles. The summed E-state index contributed by atoms with van der Waals surface area (Å²) in [6.45, 7) is 8.89. The maximum atomic E-state index is 14.3. The average molecular weight is 597 g/mol. The minimum atomic E-state index is -1.14. The van der Waals surface area contributed by atoms with Gasteiger partial charge in [0.25, 0.3) is 0 Å². The third-order valence-corrected chi connectivity index (χ3v) is 11.0. The number of carbonyl (C=O) groups excluding carboxylic acids is 3. The van der Waals surface area contributed by atoms with Crippen LogP contribution in [0.4, 0.5) is 5.69 Å². The summed E-state index contributed by atoms with van der Waals surface area (Å²) in [4.78, 5) is 47.3. The van der Waals surface area contributed by atoms with Crippen LogP contribution in [0.25, 0.3) is 0 Å². The highest BCUT2D eigenvalue weighted by molar-refractivity contribution is 7.98. The van der Waals surface area contributed by atoms with Gasteiger partial charge in [-0.2, -0.15) is 0 Å². The van der Waals surface area contributed by atoms with E-state index < -0.39 is 29.6 Å². The van der Waals surface area contributed by atoms with Crippen LogP contribution in [0.5, 0.6) is 0 Å². The largest absolute Gasteiger partial charge is 0.379 e. The highest BCUT2D eigenvalue weighted by atomic mass is 32.2. The molecule has 6 rings (SSSR count). The molecule has 10 heteroatoms. The Morgan fingerprint density at radius 3 is 2.71 bits per heavy atom. The van der Waals surface area contributed by atoms with Crippen molar-refractivity contribution in [3.8, 4) is 0 Å². The zero-order valence-corrected chi connectivity index (χ0v) is 25.7. The molecule has 0 radical (unpaired) electrons. The molecule has 8 atom stereocenters. The summed E-state index contributed by atoms with van der Waals surface area (Å²) in [6.07, 6.45) is 9.15. The first kappa shape index (κ1) is 29.7. The summed E-state index contributed by atoms with van der Waals surface area (Å²) in [6, 6.07) is 6.94. The van der Waals surface area contributed by atoms with Crippen LogP contribution >= 0.6 is 11.8 Å². The van der Waals surface area contributed by atoms with Crippen molar-refractivity contribution in [2.75, 3.05) is 51.0 Å². The first-order valence-corrected chi connectivity index (χ1v) is 16.8. The number of likely N-dealkylation sites (tertiary alicyclic amines) is 1. The van der Waals surface area contributed by atoms with Crippen LogP contribution in [0.15, 0.2) is 41.3 Å². The number of nitrogens with zero attached hydrogens (tertiary/aromatic N) is 2. The van der Waals surface area contributed by atoms with Crippen molar-refractivity contribution < 1.29 is 23.9 Å². The van der Waals surface area contributed by atoms with Gasteiger partial charge in [0.05, 0.1) is 31.2 Å². The lowest BCUT2D eigenvalue weighted by Crippen LogP contribution is -2.58. The predicted octanol–water partition coefficient (Wildman–Crippen LogP) is 3.16. The van der Waals surface area contributed by atoms with Gasteiger partial charge in [-0.05, 0) is 49.1 Å². The second-order valence-corrected chi connectivity index (χ2v) is 13.5. The molecule has 9 nitrogen and oxygen atoms in total. The van der Waals surface area contributed by atoms with E-state index in [0.717, 1.165) is 43.8 Å². The summed E-state index contributed by atoms with van der Waals surface area (Å²) in [7, 11) is 0. The van der Waals surface area contributed by atoms with Gasteiger partial charge in [0.2, 0.25) is 17.7 Å². The van der Waals surface area contributed by atoms with Crippen molar-refractivity contribution in [3.05, 3.63) is 36.4 Å². The SMILES string of the molecule is CSc1cccc(NC(=O)[C@@H]2[C@@H]3C=C[C@]4(O3)[C@@H]2C(=O)N(CCCN2CCOCC2)[C@H]4C(=O)N[C@@H]2CCC[C@H](C)[C@H]2C)c1. The molecular formula is C32H44N4O5S. The summed E-state index contributed by atoms with van der Waals surface area (Å²) < 4.78 is 12.0. The number of nitrogens with one attached hydrogen (secondary N) is 2. The van der Waals surface area contributed by atoms with Gasteiger partial charge in [-0.3, -0.25) is 19.3 Å². The zero-order valence-electron chi connectivity index (χ0n) is 24.9. The predicted molar refractivity (Wildman–Crippen MR) is 162 cm³/mol. The van der Waals surface area contributed by atoms with Gasteiger partial charge in [-0.1, -0.05) is 44.9 Å². The number of benzene rings is 1. The Bertz CT molecular complexity index is 1220. The Morgan fingerprint density at radius 1 is 1.12 bits per heavy atom. The van der Waals surface area contributed by atoms with Crippen LogP contribution in [0.3, 0.4) is 0 Å². The number of carbonyl (C=O) groups is 3. The van der Waals surface area contributed by atoms with E-state index in [0.29, 0.717) is 37.3 Å². The van der Waals surface area contributed by atoms with Gasteiger partial charge < -0.3 is 25.0 Å². The fourth-order valence-electron chi connectivity index (χ4n) is 7.77. The van der Waals surface area contributed by atoms with Crippen LogP contribution < -0.4 is 10.6 Å². The summed E-state index contributed by atoms with van der Waals surface area (Å²) >= 11 is 1.60. The van der Waals surface area contributed by atoms with E-state index >= 15 is 0 Å². The van der Waals surface area contributed by atoms with E-state index in [1.165, 1.54) is 6.42 Å². The molecule has 1 saturated carbocycles. The fraction of sp³-hybridized carbons (Fsp3) is 0.656.